The van der Waals surface area contributed by atoms with E-state index < -0.39 is 17.2 Å². The lowest BCUT2D eigenvalue weighted by Gasteiger charge is -2.36. The third-order valence-corrected chi connectivity index (χ3v) is 4.79. The van der Waals surface area contributed by atoms with Crippen molar-refractivity contribution < 1.29 is 19.0 Å². The molecular formula is C11H21N3O4S. The molecule has 0 bridgehead atoms. The van der Waals surface area contributed by atoms with Crippen LogP contribution in [-0.2, 0) is 25.3 Å². The van der Waals surface area contributed by atoms with Gasteiger partial charge in [-0.2, -0.15) is 0 Å². The van der Waals surface area contributed by atoms with Gasteiger partial charge in [-0.15, -0.1) is 4.36 Å². The Labute approximate surface area is 116 Å². The van der Waals surface area contributed by atoms with Crippen LogP contribution in [0.15, 0.2) is 4.36 Å². The summed E-state index contributed by atoms with van der Waals surface area (Å²) in [6, 6.07) is 0. The lowest BCUT2D eigenvalue weighted by Crippen LogP contribution is -2.48. The molecule has 7 nitrogen and oxygen atoms in total. The predicted molar refractivity (Wildman–Crippen MR) is 71.6 cm³/mol. The van der Waals surface area contributed by atoms with Crippen LogP contribution in [-0.4, -0.2) is 73.9 Å². The van der Waals surface area contributed by atoms with Gasteiger partial charge >= 0.3 is 6.09 Å². The minimum Gasteiger partial charge on any atom is -0.448 e. The van der Waals surface area contributed by atoms with Crippen molar-refractivity contribution in [2.45, 2.75) is 6.92 Å². The number of amides is 1. The van der Waals surface area contributed by atoms with Crippen LogP contribution in [0.25, 0.3) is 0 Å². The first kappa shape index (κ1) is 14.9. The summed E-state index contributed by atoms with van der Waals surface area (Å²) in [6.07, 6.45) is -0.483. The molecule has 2 fully saturated rings. The quantitative estimate of drug-likeness (QED) is 0.752. The number of ether oxygens (including phenoxy) is 3. The van der Waals surface area contributed by atoms with Gasteiger partial charge in [0.1, 0.15) is 0 Å². The molecule has 0 saturated carbocycles. The third-order valence-electron chi connectivity index (χ3n) is 2.83. The average molecular weight is 291 g/mol. The van der Waals surface area contributed by atoms with Crippen molar-refractivity contribution >= 4 is 17.2 Å². The van der Waals surface area contributed by atoms with E-state index in [-0.39, 0.29) is 0 Å². The van der Waals surface area contributed by atoms with Crippen molar-refractivity contribution in [3.05, 3.63) is 0 Å². The Balaban J connectivity index is 2.08. The second kappa shape index (κ2) is 7.91. The molecule has 2 heterocycles. The Morgan fingerprint density at radius 1 is 1.11 bits per heavy atom. The highest BCUT2D eigenvalue weighted by Crippen LogP contribution is 2.12. The van der Waals surface area contributed by atoms with Gasteiger partial charge in [0.25, 0.3) is 0 Å². The molecule has 2 aliphatic rings. The highest BCUT2D eigenvalue weighted by atomic mass is 32.2. The van der Waals surface area contributed by atoms with Crippen molar-refractivity contribution in [1.82, 2.24) is 8.61 Å². The molecule has 2 rings (SSSR count). The minimum absolute atomic E-state index is 0.353. The van der Waals surface area contributed by atoms with Crippen LogP contribution >= 0.6 is 0 Å². The molecule has 0 aromatic heterocycles. The molecule has 8 heteroatoms. The Kier molecular flexibility index (Phi) is 6.18. The first-order valence-electron chi connectivity index (χ1n) is 6.59. The van der Waals surface area contributed by atoms with Crippen LogP contribution in [0.3, 0.4) is 0 Å². The highest BCUT2D eigenvalue weighted by Gasteiger charge is 2.24. The van der Waals surface area contributed by atoms with Crippen LogP contribution in [0.1, 0.15) is 6.92 Å². The molecule has 0 aromatic carbocycles. The normalized spacial score (nSPS) is 22.4. The van der Waals surface area contributed by atoms with Crippen LogP contribution < -0.4 is 0 Å². The zero-order valence-corrected chi connectivity index (χ0v) is 12.1. The van der Waals surface area contributed by atoms with Crippen molar-refractivity contribution in [2.24, 2.45) is 4.36 Å². The lowest BCUT2D eigenvalue weighted by molar-refractivity contribution is 0.0617. The van der Waals surface area contributed by atoms with E-state index in [4.69, 9.17) is 14.2 Å². The monoisotopic (exact) mass is 291 g/mol. The number of carbonyl (C=O) groups is 1. The van der Waals surface area contributed by atoms with Gasteiger partial charge in [-0.1, -0.05) is 0 Å². The largest absolute Gasteiger partial charge is 0.448 e. The summed E-state index contributed by atoms with van der Waals surface area (Å²) in [5, 5.41) is 0. The van der Waals surface area contributed by atoms with Gasteiger partial charge in [-0.25, -0.2) is 13.4 Å². The summed E-state index contributed by atoms with van der Waals surface area (Å²) in [7, 11) is 0. The molecule has 2 aliphatic heterocycles. The molecule has 0 atom stereocenters. The number of carbonyl (C=O) groups excluding carboxylic acids is 1. The second-order valence-electron chi connectivity index (χ2n) is 4.12. The Morgan fingerprint density at radius 2 is 1.58 bits per heavy atom. The van der Waals surface area contributed by atoms with Crippen LogP contribution in [0, 0.1) is 0 Å². The number of hydrogen-bond donors (Lipinski definition) is 0. The second-order valence-corrected chi connectivity index (χ2v) is 5.82. The highest BCUT2D eigenvalue weighted by molar-refractivity contribution is 7.82. The SMILES string of the molecule is CCOC(=O)N=S(N1CCOCC1)N1CCOCC1. The molecule has 0 aliphatic carbocycles. The maximum atomic E-state index is 11.6. The Morgan fingerprint density at radius 3 is 2.00 bits per heavy atom. The molecular weight excluding hydrogens is 270 g/mol. The van der Waals surface area contributed by atoms with Crippen LogP contribution in [0.5, 0.6) is 0 Å². The Bertz CT molecular complexity index is 308. The molecule has 1 amide bonds. The van der Waals surface area contributed by atoms with Crippen molar-refractivity contribution in [1.29, 1.82) is 0 Å². The molecule has 2 saturated heterocycles. The van der Waals surface area contributed by atoms with Crippen molar-refractivity contribution in [3.8, 4) is 0 Å². The molecule has 0 N–H and O–H groups in total. The number of nitrogens with zero attached hydrogens (tertiary/aromatic N) is 3. The fraction of sp³-hybridized carbons (Fsp3) is 0.909. The van der Waals surface area contributed by atoms with E-state index in [0.29, 0.717) is 33.0 Å². The fourth-order valence-corrected chi connectivity index (χ4v) is 3.61. The average Bonchev–Trinajstić information content (AvgIpc) is 2.47. The topological polar surface area (TPSA) is 63.6 Å². The Hall–Kier alpha value is -0.540. The molecule has 0 radical (unpaired) electrons. The van der Waals surface area contributed by atoms with E-state index in [1.807, 2.05) is 0 Å². The van der Waals surface area contributed by atoms with E-state index in [9.17, 15) is 4.79 Å². The maximum Gasteiger partial charge on any atom is 0.441 e. The van der Waals surface area contributed by atoms with Gasteiger partial charge in [0.2, 0.25) is 0 Å². The van der Waals surface area contributed by atoms with Crippen molar-refractivity contribution in [3.63, 3.8) is 0 Å². The summed E-state index contributed by atoms with van der Waals surface area (Å²) in [5.41, 5.74) is 0. The van der Waals surface area contributed by atoms with E-state index in [1.54, 1.807) is 6.92 Å². The summed E-state index contributed by atoms with van der Waals surface area (Å²) in [5.74, 6) is 0. The smallest absolute Gasteiger partial charge is 0.441 e. The van der Waals surface area contributed by atoms with E-state index in [1.165, 1.54) is 0 Å². The number of rotatable bonds is 3. The zero-order chi connectivity index (χ0) is 13.5. The van der Waals surface area contributed by atoms with E-state index in [0.717, 1.165) is 26.2 Å². The van der Waals surface area contributed by atoms with Gasteiger partial charge in [0.15, 0.2) is 0 Å². The summed E-state index contributed by atoms with van der Waals surface area (Å²) >= 11 is -0.572. The van der Waals surface area contributed by atoms with Gasteiger partial charge in [-0.05, 0) is 6.92 Å². The summed E-state index contributed by atoms with van der Waals surface area (Å²) < 4.78 is 24.2. The number of morpholine rings is 2. The molecule has 0 aromatic rings. The van der Waals surface area contributed by atoms with Gasteiger partial charge in [-0.3, -0.25) is 0 Å². The molecule has 110 valence electrons. The van der Waals surface area contributed by atoms with Gasteiger partial charge < -0.3 is 14.2 Å². The fourth-order valence-electron chi connectivity index (χ4n) is 1.92. The summed E-state index contributed by atoms with van der Waals surface area (Å²) in [6.45, 7) is 8.07. The van der Waals surface area contributed by atoms with E-state index in [2.05, 4.69) is 13.0 Å². The summed E-state index contributed by atoms with van der Waals surface area (Å²) in [4.78, 5) is 11.6. The van der Waals surface area contributed by atoms with Crippen LogP contribution in [0.4, 0.5) is 4.79 Å². The zero-order valence-electron chi connectivity index (χ0n) is 11.2. The molecule has 0 spiro atoms. The standard InChI is InChI=1S/C11H21N3O4S/c1-2-18-11(15)12-19(13-3-7-16-8-4-13)14-5-9-17-10-6-14/h2-10H2,1H3. The number of hydrogen-bond acceptors (Lipinski definition) is 4. The third kappa shape index (κ3) is 4.50. The van der Waals surface area contributed by atoms with Gasteiger partial charge in [0, 0.05) is 26.2 Å². The maximum absolute atomic E-state index is 11.6. The lowest BCUT2D eigenvalue weighted by atomic mass is 10.5. The van der Waals surface area contributed by atoms with Gasteiger partial charge in [0.05, 0.1) is 44.1 Å². The first-order chi connectivity index (χ1) is 9.31. The van der Waals surface area contributed by atoms with Crippen molar-refractivity contribution in [2.75, 3.05) is 59.2 Å². The predicted octanol–water partition coefficient (Wildman–Crippen LogP) is 0.439. The molecule has 19 heavy (non-hydrogen) atoms. The van der Waals surface area contributed by atoms with Crippen LogP contribution in [0.2, 0.25) is 0 Å². The minimum atomic E-state index is -0.572. The first-order valence-corrected chi connectivity index (χ1v) is 7.69. The molecule has 0 unspecified atom stereocenters. The van der Waals surface area contributed by atoms with E-state index >= 15 is 0 Å².